The number of esters is 1. The summed E-state index contributed by atoms with van der Waals surface area (Å²) >= 11 is 0. The average Bonchev–Trinajstić information content (AvgIpc) is 2.68. The van der Waals surface area contributed by atoms with Gasteiger partial charge in [0.15, 0.2) is 0 Å². The molecule has 28 heavy (non-hydrogen) atoms. The van der Waals surface area contributed by atoms with Gasteiger partial charge in [-0.1, -0.05) is 12.1 Å². The summed E-state index contributed by atoms with van der Waals surface area (Å²) in [7, 11) is 0. The lowest BCUT2D eigenvalue weighted by Crippen LogP contribution is -2.19. The number of hydrogen-bond acceptors (Lipinski definition) is 5. The molecule has 1 aliphatic heterocycles. The van der Waals surface area contributed by atoms with Crippen molar-refractivity contribution in [2.75, 3.05) is 5.32 Å². The largest absolute Gasteiger partial charge is 0.457 e. The van der Waals surface area contributed by atoms with E-state index in [-0.39, 0.29) is 12.5 Å². The van der Waals surface area contributed by atoms with Crippen LogP contribution in [0.15, 0.2) is 45.6 Å². The van der Waals surface area contributed by atoms with E-state index >= 15 is 0 Å². The summed E-state index contributed by atoms with van der Waals surface area (Å²) in [6, 6.07) is 10.2. The van der Waals surface area contributed by atoms with Crippen LogP contribution in [0.4, 0.5) is 5.69 Å². The first-order valence-electron chi connectivity index (χ1n) is 9.05. The van der Waals surface area contributed by atoms with E-state index in [0.29, 0.717) is 29.6 Å². The normalized spacial score (nSPS) is 13.1. The lowest BCUT2D eigenvalue weighted by molar-refractivity contribution is -0.116. The fraction of sp³-hybridized carbons (Fsp3) is 0.227. The summed E-state index contributed by atoms with van der Waals surface area (Å²) in [4.78, 5) is 35.9. The predicted molar refractivity (Wildman–Crippen MR) is 104 cm³/mol. The zero-order valence-corrected chi connectivity index (χ0v) is 15.6. The van der Waals surface area contributed by atoms with E-state index < -0.39 is 11.6 Å². The fourth-order valence-corrected chi connectivity index (χ4v) is 3.38. The van der Waals surface area contributed by atoms with Crippen LogP contribution in [0.1, 0.15) is 39.0 Å². The number of carbonyl (C=O) groups excluding carboxylic acids is 2. The second kappa shape index (κ2) is 6.96. The summed E-state index contributed by atoms with van der Waals surface area (Å²) in [6.45, 7) is 3.81. The fourth-order valence-electron chi connectivity index (χ4n) is 3.38. The number of aryl methyl sites for hydroxylation is 3. The molecule has 0 unspecified atom stereocenters. The van der Waals surface area contributed by atoms with Gasteiger partial charge in [-0.15, -0.1) is 0 Å². The number of carbonyl (C=O) groups is 2. The Hall–Kier alpha value is -3.41. The highest BCUT2D eigenvalue weighted by atomic mass is 16.5. The number of nitrogens with one attached hydrogen (secondary N) is 1. The third-order valence-corrected chi connectivity index (χ3v) is 5.11. The minimum absolute atomic E-state index is 0.0249. The summed E-state index contributed by atoms with van der Waals surface area (Å²) in [5.41, 5.74) is 4.60. The van der Waals surface area contributed by atoms with E-state index in [9.17, 15) is 14.4 Å². The van der Waals surface area contributed by atoms with E-state index in [1.165, 1.54) is 6.07 Å². The minimum atomic E-state index is -0.482. The molecule has 6 nitrogen and oxygen atoms in total. The summed E-state index contributed by atoms with van der Waals surface area (Å²) in [5.74, 6) is -0.506. The van der Waals surface area contributed by atoms with E-state index in [2.05, 4.69) is 5.32 Å². The third kappa shape index (κ3) is 3.29. The van der Waals surface area contributed by atoms with Crippen LogP contribution in [0.5, 0.6) is 0 Å². The van der Waals surface area contributed by atoms with Crippen LogP contribution >= 0.6 is 0 Å². The van der Waals surface area contributed by atoms with Gasteiger partial charge >= 0.3 is 11.6 Å². The molecule has 0 radical (unpaired) electrons. The van der Waals surface area contributed by atoms with E-state index in [4.69, 9.17) is 9.15 Å². The maximum Gasteiger partial charge on any atom is 0.338 e. The number of fused-ring (bicyclic) bond motifs is 2. The molecule has 6 heteroatoms. The third-order valence-electron chi connectivity index (χ3n) is 5.11. The number of ether oxygens (including phenoxy) is 1. The number of hydrogen-bond donors (Lipinski definition) is 1. The molecular weight excluding hydrogens is 358 g/mol. The van der Waals surface area contributed by atoms with Gasteiger partial charge < -0.3 is 14.5 Å². The molecule has 0 fully saturated rings. The predicted octanol–water partition coefficient (Wildman–Crippen LogP) is 3.65. The molecule has 1 N–H and O–H groups in total. The van der Waals surface area contributed by atoms with Crippen molar-refractivity contribution in [3.8, 4) is 0 Å². The first kappa shape index (κ1) is 18.0. The molecule has 2 heterocycles. The maximum absolute atomic E-state index is 12.5. The molecule has 4 rings (SSSR count). The van der Waals surface area contributed by atoms with Gasteiger partial charge in [0.1, 0.15) is 12.2 Å². The average molecular weight is 377 g/mol. The number of anilines is 1. The van der Waals surface area contributed by atoms with E-state index in [1.807, 2.05) is 26.0 Å². The Labute approximate surface area is 161 Å². The van der Waals surface area contributed by atoms with Crippen molar-refractivity contribution in [2.45, 2.75) is 33.3 Å². The molecule has 0 spiro atoms. The number of rotatable bonds is 3. The van der Waals surface area contributed by atoms with Gasteiger partial charge in [0, 0.05) is 29.1 Å². The smallest absolute Gasteiger partial charge is 0.338 e. The lowest BCUT2D eigenvalue weighted by Gasteiger charge is -2.17. The zero-order valence-electron chi connectivity index (χ0n) is 15.6. The van der Waals surface area contributed by atoms with Crippen molar-refractivity contribution in [1.29, 1.82) is 0 Å². The molecule has 1 amide bonds. The molecule has 1 aliphatic rings. The standard InChI is InChI=1S/C22H19NO5/c1-12-3-6-17-16(10-20(25)28-21(17)13(12)2)11-27-22(26)15-4-7-18-14(9-15)5-8-19(24)23-18/h3-4,6-7,9-10H,5,8,11H2,1-2H3,(H,23,24). The molecule has 1 aromatic heterocycles. The summed E-state index contributed by atoms with van der Waals surface area (Å²) < 4.78 is 10.8. The summed E-state index contributed by atoms with van der Waals surface area (Å²) in [5, 5.41) is 3.54. The van der Waals surface area contributed by atoms with Crippen molar-refractivity contribution in [1.82, 2.24) is 0 Å². The van der Waals surface area contributed by atoms with Crippen LogP contribution in [0.2, 0.25) is 0 Å². The van der Waals surface area contributed by atoms with Crippen molar-refractivity contribution in [3.05, 3.63) is 74.6 Å². The molecule has 3 aromatic rings. The highest BCUT2D eigenvalue weighted by Gasteiger charge is 2.18. The Bertz CT molecular complexity index is 1180. The van der Waals surface area contributed by atoms with Crippen LogP contribution in [-0.2, 0) is 22.6 Å². The van der Waals surface area contributed by atoms with E-state index in [0.717, 1.165) is 27.8 Å². The van der Waals surface area contributed by atoms with Crippen molar-refractivity contribution >= 4 is 28.5 Å². The minimum Gasteiger partial charge on any atom is -0.457 e. The molecule has 0 saturated carbocycles. The number of benzene rings is 2. The van der Waals surface area contributed by atoms with Gasteiger partial charge in [0.05, 0.1) is 5.56 Å². The van der Waals surface area contributed by atoms with Gasteiger partial charge in [0.2, 0.25) is 5.91 Å². The second-order valence-electron chi connectivity index (χ2n) is 6.97. The topological polar surface area (TPSA) is 85.6 Å². The van der Waals surface area contributed by atoms with Crippen molar-refractivity contribution in [3.63, 3.8) is 0 Å². The highest BCUT2D eigenvalue weighted by Crippen LogP contribution is 2.26. The molecular formula is C22H19NO5. The maximum atomic E-state index is 12.5. The SMILES string of the molecule is Cc1ccc2c(COC(=O)c3ccc4c(c3)CCC(=O)N4)cc(=O)oc2c1C. The van der Waals surface area contributed by atoms with E-state index in [1.54, 1.807) is 18.2 Å². The van der Waals surface area contributed by atoms with Crippen molar-refractivity contribution < 1.29 is 18.7 Å². The van der Waals surface area contributed by atoms with Gasteiger partial charge in [0.25, 0.3) is 0 Å². The van der Waals surface area contributed by atoms with Gasteiger partial charge in [-0.3, -0.25) is 4.79 Å². The van der Waals surface area contributed by atoms with Gasteiger partial charge in [-0.05, 0) is 55.2 Å². The Balaban J connectivity index is 1.58. The van der Waals surface area contributed by atoms with Crippen LogP contribution in [0.25, 0.3) is 11.0 Å². The van der Waals surface area contributed by atoms with Crippen molar-refractivity contribution in [2.24, 2.45) is 0 Å². The van der Waals surface area contributed by atoms with Gasteiger partial charge in [-0.25, -0.2) is 9.59 Å². The quantitative estimate of drug-likeness (QED) is 0.556. The van der Waals surface area contributed by atoms with Crippen LogP contribution < -0.4 is 10.9 Å². The molecule has 2 aromatic carbocycles. The Morgan fingerprint density at radius 3 is 2.75 bits per heavy atom. The second-order valence-corrected chi connectivity index (χ2v) is 6.97. The monoisotopic (exact) mass is 377 g/mol. The lowest BCUT2D eigenvalue weighted by atomic mass is 10.0. The molecule has 0 bridgehead atoms. The Kier molecular flexibility index (Phi) is 4.47. The molecule has 0 atom stereocenters. The highest BCUT2D eigenvalue weighted by molar-refractivity contribution is 5.96. The number of amides is 1. The first-order valence-corrected chi connectivity index (χ1v) is 9.05. The Morgan fingerprint density at radius 2 is 1.93 bits per heavy atom. The molecule has 0 aliphatic carbocycles. The Morgan fingerprint density at radius 1 is 1.11 bits per heavy atom. The van der Waals surface area contributed by atoms with Crippen LogP contribution in [-0.4, -0.2) is 11.9 Å². The molecule has 142 valence electrons. The van der Waals surface area contributed by atoms with Crippen LogP contribution in [0.3, 0.4) is 0 Å². The summed E-state index contributed by atoms with van der Waals surface area (Å²) in [6.07, 6.45) is 0.987. The van der Waals surface area contributed by atoms with Gasteiger partial charge in [-0.2, -0.15) is 0 Å². The first-order chi connectivity index (χ1) is 13.4. The van der Waals surface area contributed by atoms with Crippen LogP contribution in [0, 0.1) is 13.8 Å². The zero-order chi connectivity index (χ0) is 19.8. The molecule has 0 saturated heterocycles.